The lowest BCUT2D eigenvalue weighted by atomic mass is 10.2. The average Bonchev–Trinajstić information content (AvgIpc) is 2.29. The fourth-order valence-corrected chi connectivity index (χ4v) is 1.15. The molecule has 1 N–H and O–H groups in total. The van der Waals surface area contributed by atoms with E-state index in [1.165, 1.54) is 13.0 Å². The SMILES string of the molecule is CC(=O)C=CC=C(C)C(=O)Nc1ccccc1. The Balaban J connectivity index is 2.62. The molecule has 1 amide bonds. The van der Waals surface area contributed by atoms with Gasteiger partial charge in [0.05, 0.1) is 0 Å². The van der Waals surface area contributed by atoms with Crippen LogP contribution in [0.2, 0.25) is 0 Å². The van der Waals surface area contributed by atoms with Gasteiger partial charge in [-0.2, -0.15) is 0 Å². The molecule has 0 aliphatic heterocycles. The summed E-state index contributed by atoms with van der Waals surface area (Å²) in [6.45, 7) is 3.16. The van der Waals surface area contributed by atoms with Crippen molar-refractivity contribution in [1.82, 2.24) is 0 Å². The summed E-state index contributed by atoms with van der Waals surface area (Å²) in [5.41, 5.74) is 1.30. The molecule has 0 fully saturated rings. The third-order valence-electron chi connectivity index (χ3n) is 2.07. The van der Waals surface area contributed by atoms with E-state index in [1.807, 2.05) is 30.3 Å². The summed E-state index contributed by atoms with van der Waals surface area (Å²) in [5.74, 6) is -0.220. The number of anilines is 1. The maximum atomic E-state index is 11.7. The minimum Gasteiger partial charge on any atom is -0.322 e. The van der Waals surface area contributed by atoms with E-state index in [4.69, 9.17) is 0 Å². The second-order valence-corrected chi connectivity index (χ2v) is 3.64. The Morgan fingerprint density at radius 1 is 1.12 bits per heavy atom. The van der Waals surface area contributed by atoms with Gasteiger partial charge in [-0.3, -0.25) is 9.59 Å². The largest absolute Gasteiger partial charge is 0.322 e. The van der Waals surface area contributed by atoms with E-state index >= 15 is 0 Å². The van der Waals surface area contributed by atoms with Crippen molar-refractivity contribution in [1.29, 1.82) is 0 Å². The maximum absolute atomic E-state index is 11.7. The topological polar surface area (TPSA) is 46.2 Å². The third-order valence-corrected chi connectivity index (χ3v) is 2.07. The minimum absolute atomic E-state index is 0.0440. The molecule has 0 bridgehead atoms. The standard InChI is InChI=1S/C14H15NO2/c1-11(7-6-8-12(2)16)14(17)15-13-9-4-3-5-10-13/h3-10H,1-2H3,(H,15,17). The lowest BCUT2D eigenvalue weighted by Gasteiger charge is -2.03. The van der Waals surface area contributed by atoms with Crippen LogP contribution >= 0.6 is 0 Å². The van der Waals surface area contributed by atoms with Crippen molar-refractivity contribution >= 4 is 17.4 Å². The molecule has 0 saturated heterocycles. The molecule has 0 saturated carbocycles. The molecule has 0 radical (unpaired) electrons. The van der Waals surface area contributed by atoms with Crippen LogP contribution in [0.25, 0.3) is 0 Å². The fourth-order valence-electron chi connectivity index (χ4n) is 1.15. The van der Waals surface area contributed by atoms with Gasteiger partial charge in [-0.25, -0.2) is 0 Å². The van der Waals surface area contributed by atoms with E-state index in [2.05, 4.69) is 5.32 Å². The Kier molecular flexibility index (Phi) is 4.88. The molecule has 3 nitrogen and oxygen atoms in total. The van der Waals surface area contributed by atoms with E-state index in [9.17, 15) is 9.59 Å². The number of benzene rings is 1. The lowest BCUT2D eigenvalue weighted by molar-refractivity contribution is -0.113. The summed E-state index contributed by atoms with van der Waals surface area (Å²) in [4.78, 5) is 22.4. The number of para-hydroxylation sites is 1. The first-order valence-corrected chi connectivity index (χ1v) is 5.31. The zero-order chi connectivity index (χ0) is 12.7. The molecule has 3 heteroatoms. The van der Waals surface area contributed by atoms with Crippen LogP contribution in [0.15, 0.2) is 54.1 Å². The molecule has 0 unspecified atom stereocenters. The van der Waals surface area contributed by atoms with Crippen molar-refractivity contribution in [3.8, 4) is 0 Å². The number of hydrogen-bond acceptors (Lipinski definition) is 2. The summed E-state index contributed by atoms with van der Waals surface area (Å²) >= 11 is 0. The highest BCUT2D eigenvalue weighted by Crippen LogP contribution is 2.07. The predicted octanol–water partition coefficient (Wildman–Crippen LogP) is 2.72. The number of ketones is 1. The first-order chi connectivity index (χ1) is 8.09. The molecule has 0 aromatic heterocycles. The highest BCUT2D eigenvalue weighted by molar-refractivity contribution is 6.03. The van der Waals surface area contributed by atoms with Gasteiger partial charge in [0, 0.05) is 11.3 Å². The van der Waals surface area contributed by atoms with Gasteiger partial charge in [0.15, 0.2) is 5.78 Å². The second-order valence-electron chi connectivity index (χ2n) is 3.64. The number of carbonyl (C=O) groups excluding carboxylic acids is 2. The Hall–Kier alpha value is -2.16. The zero-order valence-electron chi connectivity index (χ0n) is 9.94. The predicted molar refractivity (Wildman–Crippen MR) is 68.6 cm³/mol. The molecule has 88 valence electrons. The van der Waals surface area contributed by atoms with Crippen LogP contribution in [0, 0.1) is 0 Å². The first kappa shape index (κ1) is 12.9. The molecular weight excluding hydrogens is 214 g/mol. The molecule has 0 aliphatic carbocycles. The van der Waals surface area contributed by atoms with Gasteiger partial charge >= 0.3 is 0 Å². The number of amides is 1. The molecule has 1 aromatic rings. The van der Waals surface area contributed by atoms with E-state index in [1.54, 1.807) is 19.1 Å². The van der Waals surface area contributed by atoms with E-state index in [0.717, 1.165) is 5.69 Å². The van der Waals surface area contributed by atoms with Gasteiger partial charge in [-0.15, -0.1) is 0 Å². The Labute approximate surface area is 101 Å². The van der Waals surface area contributed by atoms with Gasteiger partial charge in [-0.05, 0) is 32.1 Å². The number of nitrogens with one attached hydrogen (secondary N) is 1. The molecule has 1 aromatic carbocycles. The Bertz CT molecular complexity index is 458. The molecule has 0 aliphatic rings. The summed E-state index contributed by atoms with van der Waals surface area (Å²) < 4.78 is 0. The minimum atomic E-state index is -0.176. The van der Waals surface area contributed by atoms with Crippen molar-refractivity contribution in [2.45, 2.75) is 13.8 Å². The highest BCUT2D eigenvalue weighted by Gasteiger charge is 2.02. The fraction of sp³-hybridized carbons (Fsp3) is 0.143. The van der Waals surface area contributed by atoms with Crippen LogP contribution in [0.1, 0.15) is 13.8 Å². The van der Waals surface area contributed by atoms with Crippen molar-refractivity contribution in [3.63, 3.8) is 0 Å². The van der Waals surface area contributed by atoms with Crippen LogP contribution < -0.4 is 5.32 Å². The number of hydrogen-bond donors (Lipinski definition) is 1. The number of carbonyl (C=O) groups is 2. The number of rotatable bonds is 4. The normalized spacial score (nSPS) is 11.5. The molecule has 0 heterocycles. The number of allylic oxidation sites excluding steroid dienone is 3. The molecule has 0 spiro atoms. The smallest absolute Gasteiger partial charge is 0.251 e. The van der Waals surface area contributed by atoms with Gasteiger partial charge in [0.25, 0.3) is 5.91 Å². The van der Waals surface area contributed by atoms with Crippen LogP contribution in [0.5, 0.6) is 0 Å². The lowest BCUT2D eigenvalue weighted by Crippen LogP contribution is -2.12. The van der Waals surface area contributed by atoms with Gasteiger partial charge < -0.3 is 5.32 Å². The zero-order valence-corrected chi connectivity index (χ0v) is 9.94. The van der Waals surface area contributed by atoms with Crippen LogP contribution in [0.3, 0.4) is 0 Å². The van der Waals surface area contributed by atoms with E-state index < -0.39 is 0 Å². The van der Waals surface area contributed by atoms with Crippen LogP contribution in [-0.4, -0.2) is 11.7 Å². The third kappa shape index (κ3) is 4.93. The second kappa shape index (κ2) is 6.43. The molecular formula is C14H15NO2. The Morgan fingerprint density at radius 3 is 2.35 bits per heavy atom. The van der Waals surface area contributed by atoms with Crippen molar-refractivity contribution in [2.24, 2.45) is 0 Å². The Morgan fingerprint density at radius 2 is 1.76 bits per heavy atom. The van der Waals surface area contributed by atoms with Crippen LogP contribution in [-0.2, 0) is 9.59 Å². The summed E-state index contributed by atoms with van der Waals surface area (Å²) in [7, 11) is 0. The summed E-state index contributed by atoms with van der Waals surface area (Å²) in [5, 5.41) is 2.75. The van der Waals surface area contributed by atoms with E-state index in [0.29, 0.717) is 5.57 Å². The monoisotopic (exact) mass is 229 g/mol. The highest BCUT2D eigenvalue weighted by atomic mass is 16.1. The van der Waals surface area contributed by atoms with E-state index in [-0.39, 0.29) is 11.7 Å². The summed E-state index contributed by atoms with van der Waals surface area (Å²) in [6.07, 6.45) is 4.60. The summed E-state index contributed by atoms with van der Waals surface area (Å²) in [6, 6.07) is 9.22. The molecule has 0 atom stereocenters. The van der Waals surface area contributed by atoms with Crippen molar-refractivity contribution < 1.29 is 9.59 Å². The van der Waals surface area contributed by atoms with Gasteiger partial charge in [0.2, 0.25) is 0 Å². The van der Waals surface area contributed by atoms with Gasteiger partial charge in [0.1, 0.15) is 0 Å². The first-order valence-electron chi connectivity index (χ1n) is 5.31. The molecule has 1 rings (SSSR count). The maximum Gasteiger partial charge on any atom is 0.251 e. The quantitative estimate of drug-likeness (QED) is 0.637. The van der Waals surface area contributed by atoms with Gasteiger partial charge in [-0.1, -0.05) is 30.4 Å². The average molecular weight is 229 g/mol. The molecule has 17 heavy (non-hydrogen) atoms. The van der Waals surface area contributed by atoms with Crippen LogP contribution in [0.4, 0.5) is 5.69 Å². The van der Waals surface area contributed by atoms with Crippen molar-refractivity contribution in [2.75, 3.05) is 5.32 Å². The van der Waals surface area contributed by atoms with Crippen molar-refractivity contribution in [3.05, 3.63) is 54.1 Å².